The van der Waals surface area contributed by atoms with Crippen LogP contribution in [0.2, 0.25) is 0 Å². The molecule has 20 heavy (non-hydrogen) atoms. The van der Waals surface area contributed by atoms with Crippen LogP contribution >= 0.6 is 0 Å². The molecule has 2 atom stereocenters. The van der Waals surface area contributed by atoms with Crippen molar-refractivity contribution in [3.05, 3.63) is 34.1 Å². The summed E-state index contributed by atoms with van der Waals surface area (Å²) in [6.45, 7) is 2.93. The molecule has 0 aliphatic carbocycles. The van der Waals surface area contributed by atoms with Crippen molar-refractivity contribution < 1.29 is 9.31 Å². The number of piperidine rings is 1. The second-order valence-electron chi connectivity index (χ2n) is 5.32. The molecule has 2 N–H and O–H groups in total. The van der Waals surface area contributed by atoms with Gasteiger partial charge >= 0.3 is 0 Å². The molecule has 0 aromatic heterocycles. The first kappa shape index (κ1) is 14.7. The molecule has 6 heteroatoms. The van der Waals surface area contributed by atoms with Gasteiger partial charge in [-0.25, -0.2) is 4.39 Å². The number of nitrogens with zero attached hydrogens (tertiary/aromatic N) is 1. The van der Waals surface area contributed by atoms with E-state index in [2.05, 4.69) is 10.6 Å². The standard InChI is InChI=1S/C14H20FN3O2/c1-10(9-11-5-2-3-8-16-11)17-14-12(15)6-4-7-13(14)18(19)20/h4,6-7,10-11,16-17H,2-3,5,8-9H2,1H3. The van der Waals surface area contributed by atoms with E-state index >= 15 is 0 Å². The minimum atomic E-state index is -0.581. The molecule has 1 fully saturated rings. The normalized spacial score (nSPS) is 20.4. The smallest absolute Gasteiger partial charge is 0.295 e. The number of nitro benzene ring substituents is 1. The Morgan fingerprint density at radius 3 is 3.00 bits per heavy atom. The predicted molar refractivity (Wildman–Crippen MR) is 76.4 cm³/mol. The van der Waals surface area contributed by atoms with Gasteiger partial charge in [0, 0.05) is 18.2 Å². The van der Waals surface area contributed by atoms with Gasteiger partial charge in [-0.15, -0.1) is 0 Å². The first-order chi connectivity index (χ1) is 9.58. The first-order valence-electron chi connectivity index (χ1n) is 7.00. The van der Waals surface area contributed by atoms with Gasteiger partial charge in [0.2, 0.25) is 0 Å². The minimum absolute atomic E-state index is 0.0131. The van der Waals surface area contributed by atoms with Crippen LogP contribution in [-0.4, -0.2) is 23.6 Å². The summed E-state index contributed by atoms with van der Waals surface area (Å²) in [5.74, 6) is -0.581. The number of hydrogen-bond donors (Lipinski definition) is 2. The summed E-state index contributed by atoms with van der Waals surface area (Å²) in [7, 11) is 0. The van der Waals surface area contributed by atoms with Crippen molar-refractivity contribution in [2.75, 3.05) is 11.9 Å². The van der Waals surface area contributed by atoms with Gasteiger partial charge in [-0.05, 0) is 38.8 Å². The van der Waals surface area contributed by atoms with Gasteiger partial charge in [0.25, 0.3) is 5.69 Å². The number of hydrogen-bond acceptors (Lipinski definition) is 4. The zero-order chi connectivity index (χ0) is 14.5. The van der Waals surface area contributed by atoms with Crippen molar-refractivity contribution in [1.82, 2.24) is 5.32 Å². The van der Waals surface area contributed by atoms with Crippen LogP contribution in [0, 0.1) is 15.9 Å². The predicted octanol–water partition coefficient (Wildman–Crippen LogP) is 3.07. The van der Waals surface area contributed by atoms with E-state index in [1.165, 1.54) is 31.0 Å². The van der Waals surface area contributed by atoms with Crippen LogP contribution < -0.4 is 10.6 Å². The number of benzene rings is 1. The minimum Gasteiger partial charge on any atom is -0.375 e. The van der Waals surface area contributed by atoms with E-state index in [0.717, 1.165) is 19.4 Å². The van der Waals surface area contributed by atoms with E-state index in [-0.39, 0.29) is 17.4 Å². The molecule has 0 radical (unpaired) electrons. The van der Waals surface area contributed by atoms with E-state index < -0.39 is 10.7 Å². The fourth-order valence-corrected chi connectivity index (χ4v) is 2.67. The number of anilines is 1. The van der Waals surface area contributed by atoms with E-state index in [9.17, 15) is 14.5 Å². The Bertz CT molecular complexity index is 475. The molecule has 1 aromatic carbocycles. The van der Waals surface area contributed by atoms with Crippen molar-refractivity contribution in [2.45, 2.75) is 44.7 Å². The maximum atomic E-state index is 13.8. The van der Waals surface area contributed by atoms with Gasteiger partial charge in [-0.3, -0.25) is 10.1 Å². The quantitative estimate of drug-likeness (QED) is 0.643. The SMILES string of the molecule is CC(CC1CCCCN1)Nc1c(F)cccc1[N+](=O)[O-]. The highest BCUT2D eigenvalue weighted by atomic mass is 19.1. The molecule has 1 aliphatic rings. The third-order valence-corrected chi connectivity index (χ3v) is 3.63. The summed E-state index contributed by atoms with van der Waals surface area (Å²) in [5, 5.41) is 17.3. The number of rotatable bonds is 5. The number of nitro groups is 1. The van der Waals surface area contributed by atoms with Crippen LogP contribution in [0.5, 0.6) is 0 Å². The first-order valence-corrected chi connectivity index (χ1v) is 7.00. The molecule has 2 unspecified atom stereocenters. The molecule has 5 nitrogen and oxygen atoms in total. The Morgan fingerprint density at radius 2 is 2.35 bits per heavy atom. The highest BCUT2D eigenvalue weighted by molar-refractivity contribution is 5.62. The third kappa shape index (κ3) is 3.66. The van der Waals surface area contributed by atoms with Crippen molar-refractivity contribution in [1.29, 1.82) is 0 Å². The highest BCUT2D eigenvalue weighted by Crippen LogP contribution is 2.28. The highest BCUT2D eigenvalue weighted by Gasteiger charge is 2.21. The molecule has 1 saturated heterocycles. The molecular weight excluding hydrogens is 261 g/mol. The van der Waals surface area contributed by atoms with Gasteiger partial charge in [-0.1, -0.05) is 12.5 Å². The molecule has 0 spiro atoms. The molecule has 1 heterocycles. The van der Waals surface area contributed by atoms with Crippen LogP contribution in [-0.2, 0) is 0 Å². The second kappa shape index (κ2) is 6.65. The topological polar surface area (TPSA) is 67.2 Å². The average molecular weight is 281 g/mol. The third-order valence-electron chi connectivity index (χ3n) is 3.63. The van der Waals surface area contributed by atoms with Gasteiger partial charge in [-0.2, -0.15) is 0 Å². The molecule has 110 valence electrons. The van der Waals surface area contributed by atoms with E-state index in [0.29, 0.717) is 6.04 Å². The second-order valence-corrected chi connectivity index (χ2v) is 5.32. The zero-order valence-corrected chi connectivity index (χ0v) is 11.6. The molecule has 1 aromatic rings. The summed E-state index contributed by atoms with van der Waals surface area (Å²) in [6.07, 6.45) is 4.32. The molecule has 0 amide bonds. The summed E-state index contributed by atoms with van der Waals surface area (Å²) in [4.78, 5) is 10.4. The maximum absolute atomic E-state index is 13.8. The number of para-hydroxylation sites is 1. The zero-order valence-electron chi connectivity index (χ0n) is 11.6. The maximum Gasteiger partial charge on any atom is 0.295 e. The summed E-state index contributed by atoms with van der Waals surface area (Å²) in [6, 6.07) is 4.28. The Kier molecular flexibility index (Phi) is 4.89. The van der Waals surface area contributed by atoms with E-state index in [4.69, 9.17) is 0 Å². The van der Waals surface area contributed by atoms with Gasteiger partial charge < -0.3 is 10.6 Å². The molecule has 1 aliphatic heterocycles. The molecular formula is C14H20FN3O2. The molecule has 0 saturated carbocycles. The number of halogens is 1. The largest absolute Gasteiger partial charge is 0.375 e. The fraction of sp³-hybridized carbons (Fsp3) is 0.571. The van der Waals surface area contributed by atoms with Crippen LogP contribution in [0.25, 0.3) is 0 Å². The van der Waals surface area contributed by atoms with Crippen molar-refractivity contribution in [3.8, 4) is 0 Å². The monoisotopic (exact) mass is 281 g/mol. The Morgan fingerprint density at radius 1 is 1.55 bits per heavy atom. The lowest BCUT2D eigenvalue weighted by molar-refractivity contribution is -0.384. The van der Waals surface area contributed by atoms with Gasteiger partial charge in [0.05, 0.1) is 4.92 Å². The summed E-state index contributed by atoms with van der Waals surface area (Å²) < 4.78 is 13.8. The van der Waals surface area contributed by atoms with Crippen molar-refractivity contribution >= 4 is 11.4 Å². The summed E-state index contributed by atoms with van der Waals surface area (Å²) in [5.41, 5.74) is -0.228. The van der Waals surface area contributed by atoms with Crippen molar-refractivity contribution in [3.63, 3.8) is 0 Å². The summed E-state index contributed by atoms with van der Waals surface area (Å²) >= 11 is 0. The van der Waals surface area contributed by atoms with Crippen molar-refractivity contribution in [2.24, 2.45) is 0 Å². The molecule has 2 rings (SSSR count). The Hall–Kier alpha value is -1.69. The molecule has 0 bridgehead atoms. The van der Waals surface area contributed by atoms with Crippen LogP contribution in [0.15, 0.2) is 18.2 Å². The lowest BCUT2D eigenvalue weighted by Crippen LogP contribution is -2.37. The Balaban J connectivity index is 2.03. The lowest BCUT2D eigenvalue weighted by atomic mass is 9.98. The van der Waals surface area contributed by atoms with Gasteiger partial charge in [0.1, 0.15) is 5.69 Å². The van der Waals surface area contributed by atoms with Crippen LogP contribution in [0.4, 0.5) is 15.8 Å². The van der Waals surface area contributed by atoms with E-state index in [1.807, 2.05) is 6.92 Å². The van der Waals surface area contributed by atoms with E-state index in [1.54, 1.807) is 0 Å². The Labute approximate surface area is 117 Å². The van der Waals surface area contributed by atoms with Crippen LogP contribution in [0.3, 0.4) is 0 Å². The average Bonchev–Trinajstić information content (AvgIpc) is 2.42. The number of nitrogens with one attached hydrogen (secondary N) is 2. The lowest BCUT2D eigenvalue weighted by Gasteiger charge is -2.27. The van der Waals surface area contributed by atoms with Crippen LogP contribution in [0.1, 0.15) is 32.6 Å². The fourth-order valence-electron chi connectivity index (χ4n) is 2.67. The van der Waals surface area contributed by atoms with Gasteiger partial charge in [0.15, 0.2) is 5.82 Å².